The van der Waals surface area contributed by atoms with Crippen molar-refractivity contribution in [3.05, 3.63) is 52.5 Å². The number of hydrogen-bond acceptors (Lipinski definition) is 4. The lowest BCUT2D eigenvalue weighted by Gasteiger charge is -2.44. The zero-order valence-corrected chi connectivity index (χ0v) is 21.3. The monoisotopic (exact) mass is 482 g/mol. The van der Waals surface area contributed by atoms with Crippen LogP contribution in [0.2, 0.25) is 5.02 Å². The molecule has 5 nitrogen and oxygen atoms in total. The second-order valence-corrected chi connectivity index (χ2v) is 11.5. The summed E-state index contributed by atoms with van der Waals surface area (Å²) in [5, 5.41) is 3.89. The second-order valence-electron chi connectivity index (χ2n) is 11.0. The molecule has 2 aromatic carbocycles. The summed E-state index contributed by atoms with van der Waals surface area (Å²) >= 11 is 6.33. The van der Waals surface area contributed by atoms with E-state index in [1.165, 1.54) is 5.56 Å². The molecule has 0 spiro atoms. The van der Waals surface area contributed by atoms with Crippen LogP contribution in [-0.2, 0) is 11.2 Å². The summed E-state index contributed by atoms with van der Waals surface area (Å²) in [6.07, 6.45) is 2.92. The second kappa shape index (κ2) is 9.09. The van der Waals surface area contributed by atoms with E-state index in [1.807, 2.05) is 32.0 Å². The molecule has 1 unspecified atom stereocenters. The third kappa shape index (κ3) is 4.65. The maximum absolute atomic E-state index is 12.9. The third-order valence-corrected chi connectivity index (χ3v) is 7.85. The SMILES string of the molecule is CC(C)Oc1ccc(Cl)cc1-c1ccc2c(c1)CC(C)(C)C2NC(=O)O[C@H]1CN2CCC1CC2. The molecule has 4 aliphatic rings. The Hall–Kier alpha value is -2.24. The van der Waals surface area contributed by atoms with Gasteiger partial charge in [0.05, 0.1) is 12.1 Å². The number of carbonyl (C=O) groups is 1. The van der Waals surface area contributed by atoms with Crippen molar-refractivity contribution in [3.63, 3.8) is 0 Å². The number of fused-ring (bicyclic) bond motifs is 4. The summed E-state index contributed by atoms with van der Waals surface area (Å²) in [5.74, 6) is 1.33. The summed E-state index contributed by atoms with van der Waals surface area (Å²) < 4.78 is 12.0. The van der Waals surface area contributed by atoms with E-state index < -0.39 is 0 Å². The van der Waals surface area contributed by atoms with Gasteiger partial charge in [-0.3, -0.25) is 4.90 Å². The van der Waals surface area contributed by atoms with E-state index in [-0.39, 0.29) is 29.8 Å². The number of hydrogen-bond donors (Lipinski definition) is 1. The standard InChI is InChI=1S/C28H35ClN2O3/c1-17(2)33-24-8-6-21(29)14-23(24)19-5-7-22-20(13-19)15-28(3,4)26(22)30-27(32)34-25-16-31-11-9-18(25)10-12-31/h5-8,13-14,17-18,25-26H,9-12,15-16H2,1-4H3,(H,30,32)/t25-,26?/m0/s1. The van der Waals surface area contributed by atoms with E-state index in [9.17, 15) is 4.79 Å². The molecule has 0 saturated carbocycles. The van der Waals surface area contributed by atoms with E-state index in [1.54, 1.807) is 0 Å². The maximum atomic E-state index is 12.9. The number of carbonyl (C=O) groups excluding carboxylic acids is 1. The highest BCUT2D eigenvalue weighted by Gasteiger charge is 2.42. The predicted molar refractivity (Wildman–Crippen MR) is 135 cm³/mol. The lowest BCUT2D eigenvalue weighted by molar-refractivity contribution is -0.0348. The summed E-state index contributed by atoms with van der Waals surface area (Å²) in [7, 11) is 0. The molecule has 0 aromatic heterocycles. The van der Waals surface area contributed by atoms with E-state index in [2.05, 4.69) is 42.3 Å². The average molecular weight is 483 g/mol. The van der Waals surface area contributed by atoms with Crippen LogP contribution in [0.4, 0.5) is 4.79 Å². The first-order valence-corrected chi connectivity index (χ1v) is 12.9. The Morgan fingerprint density at radius 3 is 2.59 bits per heavy atom. The highest BCUT2D eigenvalue weighted by Crippen LogP contribution is 2.47. The van der Waals surface area contributed by atoms with E-state index >= 15 is 0 Å². The van der Waals surface area contributed by atoms with Crippen LogP contribution < -0.4 is 10.1 Å². The van der Waals surface area contributed by atoms with E-state index in [0.29, 0.717) is 10.9 Å². The van der Waals surface area contributed by atoms with Crippen LogP contribution in [0.25, 0.3) is 11.1 Å². The Labute approximate surface area is 207 Å². The molecular weight excluding hydrogens is 448 g/mol. The number of rotatable bonds is 5. The van der Waals surface area contributed by atoms with Gasteiger partial charge in [0.15, 0.2) is 0 Å². The molecule has 0 radical (unpaired) electrons. The molecule has 3 saturated heterocycles. The van der Waals surface area contributed by atoms with Gasteiger partial charge in [-0.25, -0.2) is 4.79 Å². The number of amides is 1. The molecule has 1 aliphatic carbocycles. The van der Waals surface area contributed by atoms with Crippen LogP contribution in [0.1, 0.15) is 57.7 Å². The molecule has 6 rings (SSSR count). The third-order valence-electron chi connectivity index (χ3n) is 7.61. The Kier molecular flexibility index (Phi) is 6.28. The molecule has 2 bridgehead atoms. The lowest BCUT2D eigenvalue weighted by atomic mass is 9.85. The molecule has 182 valence electrons. The zero-order valence-electron chi connectivity index (χ0n) is 20.6. The summed E-state index contributed by atoms with van der Waals surface area (Å²) in [5.41, 5.74) is 4.35. The summed E-state index contributed by atoms with van der Waals surface area (Å²) in [4.78, 5) is 15.3. The first-order valence-electron chi connectivity index (χ1n) is 12.5. The van der Waals surface area contributed by atoms with Gasteiger partial charge in [0.2, 0.25) is 0 Å². The number of nitrogens with zero attached hydrogens (tertiary/aromatic N) is 1. The Morgan fingerprint density at radius 1 is 1.15 bits per heavy atom. The minimum atomic E-state index is -0.295. The Balaban J connectivity index is 1.36. The van der Waals surface area contributed by atoms with Gasteiger partial charge in [-0.05, 0) is 92.4 Å². The number of halogens is 1. The normalized spacial score (nSPS) is 26.9. The number of piperidine rings is 3. The van der Waals surface area contributed by atoms with Crippen molar-refractivity contribution in [1.82, 2.24) is 10.2 Å². The minimum absolute atomic E-state index is 0.0102. The minimum Gasteiger partial charge on any atom is -0.490 e. The van der Waals surface area contributed by atoms with Gasteiger partial charge in [0, 0.05) is 17.1 Å². The van der Waals surface area contributed by atoms with E-state index in [0.717, 1.165) is 61.3 Å². The van der Waals surface area contributed by atoms with Crippen LogP contribution in [0.3, 0.4) is 0 Å². The van der Waals surface area contributed by atoms with Crippen LogP contribution >= 0.6 is 11.6 Å². The molecule has 2 aromatic rings. The predicted octanol–water partition coefficient (Wildman–Crippen LogP) is 6.24. The highest BCUT2D eigenvalue weighted by molar-refractivity contribution is 6.31. The Bertz CT molecular complexity index is 1080. The molecule has 3 fully saturated rings. The molecule has 6 heteroatoms. The summed E-state index contributed by atoms with van der Waals surface area (Å²) in [6.45, 7) is 11.6. The first kappa shape index (κ1) is 23.5. The number of nitrogens with one attached hydrogen (secondary N) is 1. The van der Waals surface area contributed by atoms with Gasteiger partial charge in [0.1, 0.15) is 11.9 Å². The quantitative estimate of drug-likeness (QED) is 0.548. The number of benzene rings is 2. The van der Waals surface area contributed by atoms with Gasteiger partial charge in [-0.1, -0.05) is 43.6 Å². The Morgan fingerprint density at radius 2 is 1.91 bits per heavy atom. The van der Waals surface area contributed by atoms with Crippen molar-refractivity contribution in [2.24, 2.45) is 11.3 Å². The van der Waals surface area contributed by atoms with Crippen molar-refractivity contribution in [2.75, 3.05) is 19.6 Å². The molecule has 34 heavy (non-hydrogen) atoms. The van der Waals surface area contributed by atoms with Gasteiger partial charge in [-0.15, -0.1) is 0 Å². The number of ether oxygens (including phenoxy) is 2. The molecule has 2 atom stereocenters. The van der Waals surface area contributed by atoms with Crippen molar-refractivity contribution in [2.45, 2.75) is 65.2 Å². The molecule has 1 N–H and O–H groups in total. The molecular formula is C28H35ClN2O3. The van der Waals surface area contributed by atoms with Crippen LogP contribution in [0.15, 0.2) is 36.4 Å². The van der Waals surface area contributed by atoms with Crippen LogP contribution in [-0.4, -0.2) is 42.8 Å². The topological polar surface area (TPSA) is 50.8 Å². The summed E-state index contributed by atoms with van der Waals surface area (Å²) in [6, 6.07) is 12.1. The van der Waals surface area contributed by atoms with Gasteiger partial charge >= 0.3 is 6.09 Å². The fraction of sp³-hybridized carbons (Fsp3) is 0.536. The van der Waals surface area contributed by atoms with Gasteiger partial charge < -0.3 is 14.8 Å². The van der Waals surface area contributed by atoms with Crippen molar-refractivity contribution < 1.29 is 14.3 Å². The molecule has 1 amide bonds. The van der Waals surface area contributed by atoms with Crippen LogP contribution in [0.5, 0.6) is 5.75 Å². The van der Waals surface area contributed by atoms with E-state index in [4.69, 9.17) is 21.1 Å². The lowest BCUT2D eigenvalue weighted by Crippen LogP contribution is -2.53. The van der Waals surface area contributed by atoms with Crippen molar-refractivity contribution >= 4 is 17.7 Å². The van der Waals surface area contributed by atoms with Gasteiger partial charge in [0.25, 0.3) is 0 Å². The first-order chi connectivity index (χ1) is 16.2. The highest BCUT2D eigenvalue weighted by atomic mass is 35.5. The maximum Gasteiger partial charge on any atom is 0.407 e. The zero-order chi connectivity index (χ0) is 24.0. The molecule has 3 aliphatic heterocycles. The average Bonchev–Trinajstić information content (AvgIpc) is 3.04. The fourth-order valence-corrected chi connectivity index (χ4v) is 6.09. The van der Waals surface area contributed by atoms with Gasteiger partial charge in [-0.2, -0.15) is 0 Å². The van der Waals surface area contributed by atoms with Crippen molar-refractivity contribution in [1.29, 1.82) is 0 Å². The molecule has 3 heterocycles. The number of alkyl carbamates (subject to hydrolysis) is 1. The smallest absolute Gasteiger partial charge is 0.407 e. The largest absolute Gasteiger partial charge is 0.490 e. The van der Waals surface area contributed by atoms with Crippen LogP contribution in [0, 0.1) is 11.3 Å². The van der Waals surface area contributed by atoms with Crippen molar-refractivity contribution in [3.8, 4) is 16.9 Å². The fourth-order valence-electron chi connectivity index (χ4n) is 5.91.